The van der Waals surface area contributed by atoms with Crippen LogP contribution >= 0.6 is 0 Å². The topological polar surface area (TPSA) is 29.3 Å². The first kappa shape index (κ1) is 11.7. The van der Waals surface area contributed by atoms with Crippen molar-refractivity contribution in [1.82, 2.24) is 4.90 Å². The molecule has 0 radical (unpaired) electrons. The van der Waals surface area contributed by atoms with E-state index < -0.39 is 0 Å². The predicted molar refractivity (Wildman–Crippen MR) is 74.2 cm³/mol. The van der Waals surface area contributed by atoms with Crippen molar-refractivity contribution in [3.8, 4) is 0 Å². The fourth-order valence-corrected chi connectivity index (χ4v) is 6.47. The molecule has 102 valence electrons. The molecule has 1 saturated heterocycles. The Bertz CT molecular complexity index is 310. The number of nitrogens with zero attached hydrogens (tertiary/aromatic N) is 1. The molecular weight excluding hydrogens is 220 g/mol. The van der Waals surface area contributed by atoms with Gasteiger partial charge in [0.1, 0.15) is 0 Å². The average molecular weight is 248 g/mol. The Morgan fingerprint density at radius 2 is 1.67 bits per heavy atom. The Morgan fingerprint density at radius 1 is 1.06 bits per heavy atom. The highest BCUT2D eigenvalue weighted by Gasteiger charge is 2.59. The maximum absolute atomic E-state index is 6.39. The van der Waals surface area contributed by atoms with E-state index in [1.165, 1.54) is 45.1 Å². The smallest absolute Gasteiger partial charge is 0.0391 e. The van der Waals surface area contributed by atoms with Crippen LogP contribution in [0.4, 0.5) is 0 Å². The molecule has 0 aromatic rings. The molecule has 1 atom stereocenters. The molecule has 0 aromatic heterocycles. The van der Waals surface area contributed by atoms with Crippen molar-refractivity contribution in [2.75, 3.05) is 13.1 Å². The maximum atomic E-state index is 6.39. The molecule has 4 bridgehead atoms. The van der Waals surface area contributed by atoms with Gasteiger partial charge in [0.25, 0.3) is 0 Å². The fraction of sp³-hybridized carbons (Fsp3) is 1.00. The Labute approximate surface area is 111 Å². The molecule has 2 N–H and O–H groups in total. The third-order valence-electron chi connectivity index (χ3n) is 6.97. The van der Waals surface area contributed by atoms with Crippen LogP contribution in [0.2, 0.25) is 0 Å². The van der Waals surface area contributed by atoms with E-state index in [9.17, 15) is 0 Å². The van der Waals surface area contributed by atoms with Crippen LogP contribution in [0.25, 0.3) is 0 Å². The van der Waals surface area contributed by atoms with Crippen molar-refractivity contribution in [1.29, 1.82) is 0 Å². The molecule has 4 saturated carbocycles. The lowest BCUT2D eigenvalue weighted by atomic mass is 9.48. The number of rotatable bonds is 2. The first-order valence-corrected chi connectivity index (χ1v) is 8.21. The normalized spacial score (nSPS) is 55.3. The second kappa shape index (κ2) is 3.96. The quantitative estimate of drug-likeness (QED) is 0.814. The summed E-state index contributed by atoms with van der Waals surface area (Å²) in [5, 5.41) is 0. The van der Waals surface area contributed by atoms with Gasteiger partial charge >= 0.3 is 0 Å². The summed E-state index contributed by atoms with van der Waals surface area (Å²) in [7, 11) is 0. The molecule has 1 heterocycles. The van der Waals surface area contributed by atoms with Crippen LogP contribution in [0.15, 0.2) is 0 Å². The van der Waals surface area contributed by atoms with Gasteiger partial charge in [-0.25, -0.2) is 0 Å². The largest absolute Gasteiger partial charge is 0.329 e. The molecule has 4 aliphatic carbocycles. The van der Waals surface area contributed by atoms with Crippen molar-refractivity contribution in [2.24, 2.45) is 29.4 Å². The van der Waals surface area contributed by atoms with Crippen LogP contribution in [-0.4, -0.2) is 29.6 Å². The van der Waals surface area contributed by atoms with Crippen molar-refractivity contribution in [2.45, 2.75) is 63.5 Å². The van der Waals surface area contributed by atoms with Gasteiger partial charge in [0.2, 0.25) is 0 Å². The van der Waals surface area contributed by atoms with Gasteiger partial charge < -0.3 is 5.73 Å². The Morgan fingerprint density at radius 3 is 2.11 bits per heavy atom. The lowest BCUT2D eigenvalue weighted by molar-refractivity contribution is -0.133. The Balaban J connectivity index is 1.71. The molecule has 18 heavy (non-hydrogen) atoms. The SMILES string of the molecule is CC1CCCN1C1(CN)C2CC3CC(C2)CC1C3. The van der Waals surface area contributed by atoms with Crippen LogP contribution in [-0.2, 0) is 0 Å². The second-order valence-corrected chi connectivity index (χ2v) is 7.68. The summed E-state index contributed by atoms with van der Waals surface area (Å²) >= 11 is 0. The van der Waals surface area contributed by atoms with E-state index in [0.717, 1.165) is 36.3 Å². The molecule has 1 unspecified atom stereocenters. The first-order valence-electron chi connectivity index (χ1n) is 8.21. The minimum absolute atomic E-state index is 0.406. The van der Waals surface area contributed by atoms with Crippen LogP contribution in [0.5, 0.6) is 0 Å². The highest BCUT2D eigenvalue weighted by atomic mass is 15.3. The van der Waals surface area contributed by atoms with Crippen molar-refractivity contribution < 1.29 is 0 Å². The third-order valence-corrected chi connectivity index (χ3v) is 6.97. The van der Waals surface area contributed by atoms with E-state index >= 15 is 0 Å². The van der Waals surface area contributed by atoms with Gasteiger partial charge in [-0.15, -0.1) is 0 Å². The Hall–Kier alpha value is -0.0800. The van der Waals surface area contributed by atoms with Gasteiger partial charge in [0.15, 0.2) is 0 Å². The Kier molecular flexibility index (Phi) is 2.58. The molecule has 1 aliphatic heterocycles. The van der Waals surface area contributed by atoms with Crippen molar-refractivity contribution in [3.05, 3.63) is 0 Å². The minimum atomic E-state index is 0.406. The van der Waals surface area contributed by atoms with Gasteiger partial charge in [0.05, 0.1) is 0 Å². The molecule has 2 heteroatoms. The minimum Gasteiger partial charge on any atom is -0.329 e. The summed E-state index contributed by atoms with van der Waals surface area (Å²) in [5.74, 6) is 3.98. The van der Waals surface area contributed by atoms with Crippen LogP contribution in [0.3, 0.4) is 0 Å². The molecular formula is C16H28N2. The highest BCUT2D eigenvalue weighted by Crippen LogP contribution is 2.60. The molecule has 2 nitrogen and oxygen atoms in total. The van der Waals surface area contributed by atoms with E-state index in [-0.39, 0.29) is 0 Å². The lowest BCUT2D eigenvalue weighted by Gasteiger charge is -2.64. The molecule has 5 rings (SSSR count). The second-order valence-electron chi connectivity index (χ2n) is 7.68. The molecule has 0 aromatic carbocycles. The summed E-state index contributed by atoms with van der Waals surface area (Å²) in [5.41, 5.74) is 6.80. The van der Waals surface area contributed by atoms with E-state index in [1.807, 2.05) is 0 Å². The van der Waals surface area contributed by atoms with Crippen LogP contribution < -0.4 is 5.73 Å². The van der Waals surface area contributed by atoms with Gasteiger partial charge in [-0.3, -0.25) is 4.90 Å². The summed E-state index contributed by atoms with van der Waals surface area (Å²) in [6, 6.07) is 0.783. The third kappa shape index (κ3) is 1.37. The van der Waals surface area contributed by atoms with E-state index in [1.54, 1.807) is 6.42 Å². The number of nitrogens with two attached hydrogens (primary N) is 1. The standard InChI is InChI=1S/C16H28N2/c1-11-3-2-4-18(11)16(10-17)14-6-12-5-13(8-14)9-15(16)7-12/h11-15H,2-10,17H2,1H3. The molecule has 5 fully saturated rings. The zero-order valence-corrected chi connectivity index (χ0v) is 11.8. The molecule has 5 aliphatic rings. The van der Waals surface area contributed by atoms with Gasteiger partial charge in [-0.05, 0) is 82.1 Å². The maximum Gasteiger partial charge on any atom is 0.0391 e. The first-order chi connectivity index (χ1) is 8.74. The van der Waals surface area contributed by atoms with Gasteiger partial charge in [0, 0.05) is 18.1 Å². The zero-order valence-electron chi connectivity index (χ0n) is 11.8. The van der Waals surface area contributed by atoms with Crippen molar-refractivity contribution >= 4 is 0 Å². The summed E-state index contributed by atoms with van der Waals surface area (Å²) in [4.78, 5) is 2.86. The average Bonchev–Trinajstić information content (AvgIpc) is 2.76. The van der Waals surface area contributed by atoms with Gasteiger partial charge in [-0.2, -0.15) is 0 Å². The monoisotopic (exact) mass is 248 g/mol. The molecule has 0 spiro atoms. The van der Waals surface area contributed by atoms with Crippen LogP contribution in [0.1, 0.15) is 51.9 Å². The summed E-state index contributed by atoms with van der Waals surface area (Å²) in [6.07, 6.45) is 10.3. The fourth-order valence-electron chi connectivity index (χ4n) is 6.47. The van der Waals surface area contributed by atoms with Crippen molar-refractivity contribution in [3.63, 3.8) is 0 Å². The number of likely N-dealkylation sites (tertiary alicyclic amines) is 1. The number of hydrogen-bond acceptors (Lipinski definition) is 2. The van der Waals surface area contributed by atoms with Crippen LogP contribution in [0, 0.1) is 23.7 Å². The lowest BCUT2D eigenvalue weighted by Crippen LogP contribution is -2.69. The number of hydrogen-bond donors (Lipinski definition) is 1. The molecule has 0 amide bonds. The summed E-state index contributed by atoms with van der Waals surface area (Å²) < 4.78 is 0. The highest BCUT2D eigenvalue weighted by molar-refractivity contribution is 5.14. The predicted octanol–water partition coefficient (Wildman–Crippen LogP) is 2.62. The van der Waals surface area contributed by atoms with E-state index in [0.29, 0.717) is 5.54 Å². The van der Waals surface area contributed by atoms with E-state index in [4.69, 9.17) is 5.73 Å². The van der Waals surface area contributed by atoms with E-state index in [2.05, 4.69) is 11.8 Å². The van der Waals surface area contributed by atoms with Gasteiger partial charge in [-0.1, -0.05) is 0 Å². The summed E-state index contributed by atoms with van der Waals surface area (Å²) in [6.45, 7) is 4.68. The zero-order chi connectivity index (χ0) is 12.3.